The van der Waals surface area contributed by atoms with Gasteiger partial charge in [-0.1, -0.05) is 29.8 Å². The van der Waals surface area contributed by atoms with Crippen LogP contribution in [0, 0.1) is 0 Å². The highest BCUT2D eigenvalue weighted by Crippen LogP contribution is 2.31. The fourth-order valence-electron chi connectivity index (χ4n) is 1.85. The smallest absolute Gasteiger partial charge is 0.386 e. The highest BCUT2D eigenvalue weighted by molar-refractivity contribution is 6.30. The Labute approximate surface area is 124 Å². The maximum Gasteiger partial charge on any atom is 0.433 e. The van der Waals surface area contributed by atoms with Gasteiger partial charge in [-0.25, -0.2) is 0 Å². The Balaban J connectivity index is 2.21. The van der Waals surface area contributed by atoms with Crippen molar-refractivity contribution >= 4 is 11.6 Å². The highest BCUT2D eigenvalue weighted by atomic mass is 35.5. The molecule has 0 amide bonds. The second kappa shape index (κ2) is 6.01. The molecule has 1 aromatic heterocycles. The fourth-order valence-corrected chi connectivity index (χ4v) is 2.05. The Hall–Kier alpha value is -1.63. The Morgan fingerprint density at radius 2 is 1.86 bits per heavy atom. The molecule has 7 heteroatoms. The molecule has 0 aliphatic heterocycles. The van der Waals surface area contributed by atoms with Gasteiger partial charge in [0.1, 0.15) is 5.69 Å². The third kappa shape index (κ3) is 3.72. The van der Waals surface area contributed by atoms with Gasteiger partial charge < -0.3 is 10.8 Å². The van der Waals surface area contributed by atoms with Crippen molar-refractivity contribution in [2.75, 3.05) is 0 Å². The second-order valence-electron chi connectivity index (χ2n) is 4.50. The summed E-state index contributed by atoms with van der Waals surface area (Å²) in [4.78, 5) is 3.32. The number of benzene rings is 1. The lowest BCUT2D eigenvalue weighted by atomic mass is 9.97. The number of aliphatic hydroxyl groups excluding tert-OH is 1. The number of nitrogens with zero attached hydrogens (tertiary/aromatic N) is 1. The molecule has 0 saturated carbocycles. The first kappa shape index (κ1) is 15.8. The van der Waals surface area contributed by atoms with Crippen LogP contribution in [-0.2, 0) is 6.18 Å². The van der Waals surface area contributed by atoms with Crippen molar-refractivity contribution in [1.29, 1.82) is 0 Å². The average molecular weight is 317 g/mol. The summed E-state index contributed by atoms with van der Waals surface area (Å²) in [5.74, 6) is 0. The van der Waals surface area contributed by atoms with Gasteiger partial charge >= 0.3 is 6.18 Å². The quantitative estimate of drug-likeness (QED) is 0.911. The number of aliphatic hydroxyl groups is 1. The van der Waals surface area contributed by atoms with E-state index in [1.165, 1.54) is 6.07 Å². The number of hydrogen-bond acceptors (Lipinski definition) is 3. The molecule has 3 N–H and O–H groups in total. The molecule has 2 aromatic rings. The number of alkyl halides is 3. The predicted octanol–water partition coefficient (Wildman–Crippen LogP) is 3.49. The Morgan fingerprint density at radius 3 is 2.38 bits per heavy atom. The topological polar surface area (TPSA) is 59.1 Å². The molecule has 0 radical (unpaired) electrons. The van der Waals surface area contributed by atoms with Crippen LogP contribution in [0.5, 0.6) is 0 Å². The van der Waals surface area contributed by atoms with Crippen LogP contribution in [0.25, 0.3) is 0 Å². The Morgan fingerprint density at radius 1 is 1.14 bits per heavy atom. The number of pyridine rings is 1. The molecule has 112 valence electrons. The zero-order chi connectivity index (χ0) is 15.6. The summed E-state index contributed by atoms with van der Waals surface area (Å²) in [6.07, 6.45) is -4.59. The van der Waals surface area contributed by atoms with E-state index >= 15 is 0 Å². The molecular weight excluding hydrogens is 305 g/mol. The van der Waals surface area contributed by atoms with Crippen LogP contribution in [-0.4, -0.2) is 10.1 Å². The summed E-state index contributed by atoms with van der Waals surface area (Å²) >= 11 is 5.82. The molecule has 0 spiro atoms. The minimum absolute atomic E-state index is 0.301. The van der Waals surface area contributed by atoms with E-state index < -0.39 is 24.0 Å². The third-order valence-corrected chi connectivity index (χ3v) is 3.23. The molecule has 0 aliphatic rings. The van der Waals surface area contributed by atoms with Crippen molar-refractivity contribution in [2.24, 2.45) is 5.73 Å². The van der Waals surface area contributed by atoms with E-state index in [-0.39, 0.29) is 0 Å². The van der Waals surface area contributed by atoms with E-state index in [1.807, 2.05) is 0 Å². The van der Waals surface area contributed by atoms with Crippen LogP contribution in [0.15, 0.2) is 42.6 Å². The summed E-state index contributed by atoms with van der Waals surface area (Å²) in [6.45, 7) is 0. The van der Waals surface area contributed by atoms with Gasteiger partial charge in [0, 0.05) is 11.2 Å². The van der Waals surface area contributed by atoms with Crippen LogP contribution < -0.4 is 5.73 Å². The van der Waals surface area contributed by atoms with Crippen molar-refractivity contribution in [1.82, 2.24) is 4.98 Å². The predicted molar refractivity (Wildman–Crippen MR) is 72.6 cm³/mol. The standard InChI is InChI=1S/C14H12ClF3N2O/c15-10-3-1-2-8(6-10)13(21)12(19)9-4-5-11(20-7-9)14(16,17)18/h1-7,12-13,21H,19H2. The summed E-state index contributed by atoms with van der Waals surface area (Å²) in [7, 11) is 0. The Bertz CT molecular complexity index is 616. The van der Waals surface area contributed by atoms with Gasteiger partial charge in [-0.05, 0) is 29.3 Å². The fraction of sp³-hybridized carbons (Fsp3) is 0.214. The molecule has 2 unspecified atom stereocenters. The lowest BCUT2D eigenvalue weighted by Crippen LogP contribution is -2.20. The van der Waals surface area contributed by atoms with Crippen LogP contribution in [0.1, 0.15) is 29.0 Å². The highest BCUT2D eigenvalue weighted by Gasteiger charge is 2.32. The van der Waals surface area contributed by atoms with Crippen LogP contribution in [0.3, 0.4) is 0 Å². The molecule has 1 aromatic carbocycles. The molecular formula is C14H12ClF3N2O. The lowest BCUT2D eigenvalue weighted by molar-refractivity contribution is -0.141. The van der Waals surface area contributed by atoms with Gasteiger partial charge in [0.15, 0.2) is 0 Å². The number of hydrogen-bond donors (Lipinski definition) is 2. The van der Waals surface area contributed by atoms with Crippen molar-refractivity contribution < 1.29 is 18.3 Å². The number of rotatable bonds is 3. The van der Waals surface area contributed by atoms with Crippen molar-refractivity contribution in [3.63, 3.8) is 0 Å². The van der Waals surface area contributed by atoms with E-state index in [4.69, 9.17) is 17.3 Å². The minimum Gasteiger partial charge on any atom is -0.386 e. The van der Waals surface area contributed by atoms with Gasteiger partial charge in [0.05, 0.1) is 12.1 Å². The largest absolute Gasteiger partial charge is 0.433 e. The second-order valence-corrected chi connectivity index (χ2v) is 4.94. The van der Waals surface area contributed by atoms with Crippen LogP contribution in [0.2, 0.25) is 5.02 Å². The summed E-state index contributed by atoms with van der Waals surface area (Å²) < 4.78 is 37.3. The first-order valence-electron chi connectivity index (χ1n) is 6.01. The molecule has 0 fully saturated rings. The average Bonchev–Trinajstić information content (AvgIpc) is 2.45. The van der Waals surface area contributed by atoms with Crippen molar-refractivity contribution in [2.45, 2.75) is 18.3 Å². The maximum atomic E-state index is 12.4. The van der Waals surface area contributed by atoms with E-state index in [9.17, 15) is 18.3 Å². The van der Waals surface area contributed by atoms with E-state index in [1.54, 1.807) is 24.3 Å². The van der Waals surface area contributed by atoms with Crippen LogP contribution >= 0.6 is 11.6 Å². The third-order valence-electron chi connectivity index (χ3n) is 2.99. The van der Waals surface area contributed by atoms with Crippen molar-refractivity contribution in [3.05, 3.63) is 64.4 Å². The molecule has 2 rings (SSSR count). The normalized spacial score (nSPS) is 14.8. The number of halogens is 4. The van der Waals surface area contributed by atoms with E-state index in [0.29, 0.717) is 16.1 Å². The number of nitrogens with two attached hydrogens (primary N) is 1. The van der Waals surface area contributed by atoms with Gasteiger partial charge in [-0.2, -0.15) is 13.2 Å². The Kier molecular flexibility index (Phi) is 4.51. The molecule has 1 heterocycles. The minimum atomic E-state index is -4.51. The first-order chi connectivity index (χ1) is 9.79. The van der Waals surface area contributed by atoms with Crippen LogP contribution in [0.4, 0.5) is 13.2 Å². The van der Waals surface area contributed by atoms with Gasteiger partial charge in [-0.3, -0.25) is 4.98 Å². The zero-order valence-corrected chi connectivity index (χ0v) is 11.4. The molecule has 0 aliphatic carbocycles. The molecule has 0 saturated heterocycles. The molecule has 0 bridgehead atoms. The van der Waals surface area contributed by atoms with Gasteiger partial charge in [0.25, 0.3) is 0 Å². The molecule has 3 nitrogen and oxygen atoms in total. The van der Waals surface area contributed by atoms with Gasteiger partial charge in [0.2, 0.25) is 0 Å². The van der Waals surface area contributed by atoms with Crippen molar-refractivity contribution in [3.8, 4) is 0 Å². The summed E-state index contributed by atoms with van der Waals surface area (Å²) in [5.41, 5.74) is 5.64. The first-order valence-corrected chi connectivity index (χ1v) is 6.39. The molecule has 2 atom stereocenters. The molecule has 21 heavy (non-hydrogen) atoms. The lowest BCUT2D eigenvalue weighted by Gasteiger charge is -2.20. The summed E-state index contributed by atoms with van der Waals surface area (Å²) in [6, 6.07) is 7.60. The SMILES string of the molecule is NC(c1ccc(C(F)(F)F)nc1)C(O)c1cccc(Cl)c1. The summed E-state index contributed by atoms with van der Waals surface area (Å²) in [5, 5.41) is 10.6. The monoisotopic (exact) mass is 316 g/mol. The van der Waals surface area contributed by atoms with Gasteiger partial charge in [-0.15, -0.1) is 0 Å². The zero-order valence-electron chi connectivity index (χ0n) is 10.7. The van der Waals surface area contributed by atoms with E-state index in [2.05, 4.69) is 4.98 Å². The maximum absolute atomic E-state index is 12.4. The number of aromatic nitrogens is 1. The van der Waals surface area contributed by atoms with E-state index in [0.717, 1.165) is 12.3 Å².